The number of nitro groups is 1. The number of imide groups is 1. The molecule has 1 fully saturated rings. The van der Waals surface area contributed by atoms with Crippen LogP contribution in [0.2, 0.25) is 0 Å². The highest BCUT2D eigenvalue weighted by Gasteiger charge is 2.29. The maximum absolute atomic E-state index is 11.5. The minimum absolute atomic E-state index is 0.00250. The van der Waals surface area contributed by atoms with Crippen molar-refractivity contribution in [1.82, 2.24) is 10.2 Å². The average molecular weight is 264 g/mol. The second-order valence-corrected chi connectivity index (χ2v) is 3.99. The highest BCUT2D eigenvalue weighted by molar-refractivity contribution is 6.01. The quantitative estimate of drug-likeness (QED) is 0.473. The Morgan fingerprint density at radius 3 is 2.74 bits per heavy atom. The Balaban J connectivity index is 2.32. The first-order valence-corrected chi connectivity index (χ1v) is 5.56. The van der Waals surface area contributed by atoms with Crippen LogP contribution in [0.25, 0.3) is 0 Å². The smallest absolute Gasteiger partial charge is 0.324 e. The Labute approximate surface area is 108 Å². The van der Waals surface area contributed by atoms with Crippen molar-refractivity contribution in [3.05, 3.63) is 33.9 Å². The van der Waals surface area contributed by atoms with Crippen LogP contribution < -0.4 is 10.6 Å². The van der Waals surface area contributed by atoms with Gasteiger partial charge in [0, 0.05) is 30.4 Å². The third kappa shape index (κ3) is 2.46. The number of carbonyl (C=O) groups is 2. The van der Waals surface area contributed by atoms with Crippen LogP contribution >= 0.6 is 0 Å². The second kappa shape index (κ2) is 4.92. The topological polar surface area (TPSA) is 105 Å². The summed E-state index contributed by atoms with van der Waals surface area (Å²) in [4.78, 5) is 34.2. The van der Waals surface area contributed by atoms with E-state index in [-0.39, 0.29) is 24.7 Å². The zero-order valence-corrected chi connectivity index (χ0v) is 10.2. The molecule has 19 heavy (non-hydrogen) atoms. The molecule has 0 saturated carbocycles. The van der Waals surface area contributed by atoms with E-state index in [9.17, 15) is 19.7 Å². The van der Waals surface area contributed by atoms with Crippen LogP contribution in [0.5, 0.6) is 0 Å². The molecular weight excluding hydrogens is 252 g/mol. The van der Waals surface area contributed by atoms with Crippen molar-refractivity contribution >= 4 is 23.3 Å². The lowest BCUT2D eigenvalue weighted by Crippen LogP contribution is -2.30. The minimum Gasteiger partial charge on any atom is -0.388 e. The van der Waals surface area contributed by atoms with Gasteiger partial charge in [0.05, 0.1) is 18.0 Å². The van der Waals surface area contributed by atoms with Gasteiger partial charge in [-0.05, 0) is 6.07 Å². The average Bonchev–Trinajstić information content (AvgIpc) is 2.70. The lowest BCUT2D eigenvalue weighted by molar-refractivity contribution is -0.384. The van der Waals surface area contributed by atoms with Gasteiger partial charge in [0.2, 0.25) is 5.91 Å². The van der Waals surface area contributed by atoms with Gasteiger partial charge in [-0.2, -0.15) is 0 Å². The standard InChI is InChI=1S/C11H12N4O4/c1-12-9-3-2-8(15(18)19)4-7(9)6-14-10(16)5-13-11(14)17/h2-4,12H,5-6H2,1H3,(H,13,17). The van der Waals surface area contributed by atoms with Crippen LogP contribution in [0, 0.1) is 10.1 Å². The van der Waals surface area contributed by atoms with Crippen LogP contribution in [0.1, 0.15) is 5.56 Å². The molecular formula is C11H12N4O4. The number of hydrogen-bond acceptors (Lipinski definition) is 5. The number of carbonyl (C=O) groups excluding carboxylic acids is 2. The molecule has 1 aliphatic heterocycles. The number of urea groups is 1. The number of nitrogens with zero attached hydrogens (tertiary/aromatic N) is 2. The third-order valence-electron chi connectivity index (χ3n) is 2.83. The maximum Gasteiger partial charge on any atom is 0.324 e. The number of rotatable bonds is 4. The summed E-state index contributed by atoms with van der Waals surface area (Å²) in [6.45, 7) is -0.0365. The van der Waals surface area contributed by atoms with E-state index in [1.165, 1.54) is 12.1 Å². The second-order valence-electron chi connectivity index (χ2n) is 3.99. The zero-order chi connectivity index (χ0) is 14.0. The fourth-order valence-electron chi connectivity index (χ4n) is 1.85. The molecule has 0 unspecified atom stereocenters. The summed E-state index contributed by atoms with van der Waals surface area (Å²) in [6, 6.07) is 3.77. The molecule has 1 saturated heterocycles. The van der Waals surface area contributed by atoms with E-state index in [0.29, 0.717) is 11.3 Å². The van der Waals surface area contributed by atoms with Crippen molar-refractivity contribution in [1.29, 1.82) is 0 Å². The highest BCUT2D eigenvalue weighted by atomic mass is 16.6. The number of benzene rings is 1. The normalized spacial score (nSPS) is 14.5. The fourth-order valence-corrected chi connectivity index (χ4v) is 1.85. The van der Waals surface area contributed by atoms with Crippen molar-refractivity contribution in [3.63, 3.8) is 0 Å². The Kier molecular flexibility index (Phi) is 3.32. The molecule has 2 N–H and O–H groups in total. The Morgan fingerprint density at radius 1 is 1.47 bits per heavy atom. The lowest BCUT2D eigenvalue weighted by atomic mass is 10.1. The molecule has 1 aromatic carbocycles. The van der Waals surface area contributed by atoms with Crippen molar-refractivity contribution < 1.29 is 14.5 Å². The van der Waals surface area contributed by atoms with Crippen molar-refractivity contribution in [2.24, 2.45) is 0 Å². The molecule has 1 aliphatic rings. The molecule has 3 amide bonds. The van der Waals surface area contributed by atoms with Gasteiger partial charge < -0.3 is 10.6 Å². The first-order valence-electron chi connectivity index (χ1n) is 5.56. The van der Waals surface area contributed by atoms with Crippen LogP contribution in [0.3, 0.4) is 0 Å². The van der Waals surface area contributed by atoms with Crippen LogP contribution in [0.4, 0.5) is 16.2 Å². The maximum atomic E-state index is 11.5. The zero-order valence-electron chi connectivity index (χ0n) is 10.2. The third-order valence-corrected chi connectivity index (χ3v) is 2.83. The molecule has 1 aromatic rings. The summed E-state index contributed by atoms with van der Waals surface area (Å²) in [5.41, 5.74) is 1.07. The van der Waals surface area contributed by atoms with Gasteiger partial charge in [0.1, 0.15) is 0 Å². The van der Waals surface area contributed by atoms with Crippen LogP contribution in [-0.4, -0.2) is 35.4 Å². The number of non-ortho nitro benzene ring substituents is 1. The lowest BCUT2D eigenvalue weighted by Gasteiger charge is -2.15. The SMILES string of the molecule is CNc1ccc([N+](=O)[O-])cc1CN1C(=O)CNC1=O. The molecule has 8 heteroatoms. The first kappa shape index (κ1) is 12.8. The number of hydrogen-bond donors (Lipinski definition) is 2. The van der Waals surface area contributed by atoms with Gasteiger partial charge in [-0.3, -0.25) is 19.8 Å². The molecule has 0 spiro atoms. The van der Waals surface area contributed by atoms with E-state index in [4.69, 9.17) is 0 Å². The number of nitrogens with one attached hydrogen (secondary N) is 2. The van der Waals surface area contributed by atoms with Gasteiger partial charge in [-0.15, -0.1) is 0 Å². The summed E-state index contributed by atoms with van der Waals surface area (Å²) in [5, 5.41) is 16.0. The molecule has 100 valence electrons. The van der Waals surface area contributed by atoms with Crippen LogP contribution in [-0.2, 0) is 11.3 Å². The monoisotopic (exact) mass is 264 g/mol. The largest absolute Gasteiger partial charge is 0.388 e. The van der Waals surface area contributed by atoms with E-state index in [0.717, 1.165) is 4.90 Å². The molecule has 2 rings (SSSR count). The minimum atomic E-state index is -0.519. The van der Waals surface area contributed by atoms with E-state index in [2.05, 4.69) is 10.6 Å². The van der Waals surface area contributed by atoms with E-state index < -0.39 is 11.0 Å². The van der Waals surface area contributed by atoms with E-state index in [1.54, 1.807) is 13.1 Å². The highest BCUT2D eigenvalue weighted by Crippen LogP contribution is 2.23. The van der Waals surface area contributed by atoms with Gasteiger partial charge >= 0.3 is 6.03 Å². The summed E-state index contributed by atoms with van der Waals surface area (Å²) >= 11 is 0. The first-order chi connectivity index (χ1) is 9.02. The molecule has 0 bridgehead atoms. The Hall–Kier alpha value is -2.64. The number of amides is 3. The Bertz CT molecular complexity index is 542. The van der Waals surface area contributed by atoms with E-state index >= 15 is 0 Å². The fraction of sp³-hybridized carbons (Fsp3) is 0.273. The predicted molar refractivity (Wildman–Crippen MR) is 66.6 cm³/mol. The Morgan fingerprint density at radius 2 is 2.21 bits per heavy atom. The molecule has 8 nitrogen and oxygen atoms in total. The van der Waals surface area contributed by atoms with Gasteiger partial charge in [-0.1, -0.05) is 0 Å². The van der Waals surface area contributed by atoms with E-state index in [1.807, 2.05) is 0 Å². The molecule has 0 radical (unpaired) electrons. The van der Waals surface area contributed by atoms with Gasteiger partial charge in [0.25, 0.3) is 5.69 Å². The summed E-state index contributed by atoms with van der Waals surface area (Å²) < 4.78 is 0. The molecule has 0 atom stereocenters. The molecule has 0 aliphatic carbocycles. The summed E-state index contributed by atoms with van der Waals surface area (Å²) in [7, 11) is 1.66. The van der Waals surface area contributed by atoms with Gasteiger partial charge in [0.15, 0.2) is 0 Å². The predicted octanol–water partition coefficient (Wildman–Crippen LogP) is 0.688. The summed E-state index contributed by atoms with van der Waals surface area (Å²) in [6.07, 6.45) is 0. The van der Waals surface area contributed by atoms with Gasteiger partial charge in [-0.25, -0.2) is 4.79 Å². The number of nitro benzene ring substituents is 1. The van der Waals surface area contributed by atoms with Crippen LogP contribution in [0.15, 0.2) is 18.2 Å². The number of anilines is 1. The van der Waals surface area contributed by atoms with Crippen molar-refractivity contribution in [2.75, 3.05) is 18.9 Å². The molecule has 1 heterocycles. The van der Waals surface area contributed by atoms with Crippen molar-refractivity contribution in [2.45, 2.75) is 6.54 Å². The summed E-state index contributed by atoms with van der Waals surface area (Å²) in [5.74, 6) is -0.349. The van der Waals surface area contributed by atoms with Crippen molar-refractivity contribution in [3.8, 4) is 0 Å². The molecule has 0 aromatic heterocycles.